The van der Waals surface area contributed by atoms with Crippen LogP contribution >= 0.6 is 0 Å². The average molecular weight is 266 g/mol. The van der Waals surface area contributed by atoms with Crippen molar-refractivity contribution in [3.63, 3.8) is 0 Å². The molecule has 0 saturated heterocycles. The van der Waals surface area contributed by atoms with Crippen LogP contribution in [0, 0.1) is 0 Å². The second-order valence-electron chi connectivity index (χ2n) is 4.55. The number of aliphatic hydroxyl groups is 1. The highest BCUT2D eigenvalue weighted by molar-refractivity contribution is 6.06. The molecule has 4 heteroatoms. The number of carbonyl (C=O) groups excluding carboxylic acids is 1. The zero-order chi connectivity index (χ0) is 13.9. The monoisotopic (exact) mass is 266 g/mol. The van der Waals surface area contributed by atoms with Gasteiger partial charge in [-0.2, -0.15) is 0 Å². The number of benzene rings is 2. The molecule has 3 rings (SSSR count). The lowest BCUT2D eigenvalue weighted by Gasteiger charge is -2.09. The van der Waals surface area contributed by atoms with Crippen LogP contribution in [0.1, 0.15) is 15.9 Å². The van der Waals surface area contributed by atoms with Crippen LogP contribution in [0.3, 0.4) is 0 Å². The molecule has 0 radical (unpaired) electrons. The number of aromatic nitrogens is 1. The smallest absolute Gasteiger partial charge is 0.255 e. The lowest BCUT2D eigenvalue weighted by Crippen LogP contribution is -2.13. The number of carbonyl (C=O) groups is 1. The van der Waals surface area contributed by atoms with E-state index in [-0.39, 0.29) is 12.5 Å². The fourth-order valence-corrected chi connectivity index (χ4v) is 2.16. The summed E-state index contributed by atoms with van der Waals surface area (Å²) >= 11 is 0. The van der Waals surface area contributed by atoms with E-state index in [4.69, 9.17) is 0 Å². The highest BCUT2D eigenvalue weighted by atomic mass is 16.3. The van der Waals surface area contributed by atoms with E-state index in [0.717, 1.165) is 10.9 Å². The summed E-state index contributed by atoms with van der Waals surface area (Å²) in [5.74, 6) is -0.192. The molecule has 0 atom stereocenters. The number of aliphatic hydroxyl groups excluding tert-OH is 1. The molecule has 0 spiro atoms. The van der Waals surface area contributed by atoms with Gasteiger partial charge in [-0.05, 0) is 29.7 Å². The third kappa shape index (κ3) is 2.29. The van der Waals surface area contributed by atoms with E-state index in [9.17, 15) is 9.90 Å². The molecule has 1 amide bonds. The summed E-state index contributed by atoms with van der Waals surface area (Å²) in [7, 11) is 0. The minimum absolute atomic E-state index is 0.105. The van der Waals surface area contributed by atoms with Gasteiger partial charge in [0.1, 0.15) is 0 Å². The molecule has 0 saturated carbocycles. The molecule has 0 aliphatic heterocycles. The average Bonchev–Trinajstić information content (AvgIpc) is 2.95. The minimum Gasteiger partial charge on any atom is -0.392 e. The summed E-state index contributed by atoms with van der Waals surface area (Å²) in [6.07, 6.45) is 1.84. The van der Waals surface area contributed by atoms with Crippen molar-refractivity contribution in [1.82, 2.24) is 4.98 Å². The normalized spacial score (nSPS) is 10.7. The number of hydrogen-bond acceptors (Lipinski definition) is 2. The first kappa shape index (κ1) is 12.4. The van der Waals surface area contributed by atoms with Crippen LogP contribution < -0.4 is 5.32 Å². The SMILES string of the molecule is O=C(Nc1ccccc1CO)c1ccc2cc[nH]c2c1. The van der Waals surface area contributed by atoms with E-state index in [1.807, 2.05) is 36.5 Å². The highest BCUT2D eigenvalue weighted by Crippen LogP contribution is 2.18. The number of rotatable bonds is 3. The molecular weight excluding hydrogens is 252 g/mol. The molecule has 3 N–H and O–H groups in total. The largest absolute Gasteiger partial charge is 0.392 e. The zero-order valence-electron chi connectivity index (χ0n) is 10.8. The van der Waals surface area contributed by atoms with Crippen LogP contribution in [-0.4, -0.2) is 16.0 Å². The third-order valence-corrected chi connectivity index (χ3v) is 3.25. The summed E-state index contributed by atoms with van der Waals surface area (Å²) in [5, 5.41) is 13.1. The zero-order valence-corrected chi connectivity index (χ0v) is 10.8. The Bertz CT molecular complexity index is 762. The molecule has 0 fully saturated rings. The fourth-order valence-electron chi connectivity index (χ4n) is 2.16. The van der Waals surface area contributed by atoms with Crippen LogP contribution in [0.25, 0.3) is 10.9 Å². The predicted octanol–water partition coefficient (Wildman–Crippen LogP) is 2.91. The Morgan fingerprint density at radius 3 is 2.85 bits per heavy atom. The highest BCUT2D eigenvalue weighted by Gasteiger charge is 2.09. The number of para-hydroxylation sites is 1. The fraction of sp³-hybridized carbons (Fsp3) is 0.0625. The number of hydrogen-bond donors (Lipinski definition) is 3. The van der Waals surface area contributed by atoms with Crippen LogP contribution in [-0.2, 0) is 6.61 Å². The van der Waals surface area contributed by atoms with Crippen LogP contribution in [0.2, 0.25) is 0 Å². The summed E-state index contributed by atoms with van der Waals surface area (Å²) in [4.78, 5) is 15.3. The van der Waals surface area contributed by atoms with E-state index in [2.05, 4.69) is 10.3 Å². The Balaban J connectivity index is 1.88. The molecule has 1 heterocycles. The van der Waals surface area contributed by atoms with Crippen LogP contribution in [0.15, 0.2) is 54.7 Å². The minimum atomic E-state index is -0.192. The molecule has 0 bridgehead atoms. The van der Waals surface area contributed by atoms with Crippen LogP contribution in [0.4, 0.5) is 5.69 Å². The maximum absolute atomic E-state index is 12.2. The first-order chi connectivity index (χ1) is 9.78. The van der Waals surface area contributed by atoms with Crippen molar-refractivity contribution in [2.24, 2.45) is 0 Å². The van der Waals surface area contributed by atoms with Crippen molar-refractivity contribution in [2.45, 2.75) is 6.61 Å². The van der Waals surface area contributed by atoms with E-state index >= 15 is 0 Å². The summed E-state index contributed by atoms with van der Waals surface area (Å²) < 4.78 is 0. The van der Waals surface area contributed by atoms with E-state index in [1.54, 1.807) is 18.2 Å². The Hall–Kier alpha value is -2.59. The number of H-pyrrole nitrogens is 1. The van der Waals surface area contributed by atoms with Gasteiger partial charge in [-0.3, -0.25) is 4.79 Å². The molecule has 100 valence electrons. The maximum atomic E-state index is 12.2. The predicted molar refractivity (Wildman–Crippen MR) is 78.6 cm³/mol. The first-order valence-electron chi connectivity index (χ1n) is 6.35. The van der Waals surface area contributed by atoms with Crippen molar-refractivity contribution < 1.29 is 9.90 Å². The lowest BCUT2D eigenvalue weighted by atomic mass is 10.1. The van der Waals surface area contributed by atoms with Gasteiger partial charge >= 0.3 is 0 Å². The molecule has 20 heavy (non-hydrogen) atoms. The maximum Gasteiger partial charge on any atom is 0.255 e. The Morgan fingerprint density at radius 2 is 2.00 bits per heavy atom. The molecule has 3 aromatic rings. The second-order valence-corrected chi connectivity index (χ2v) is 4.55. The van der Waals surface area contributed by atoms with Gasteiger partial charge in [-0.25, -0.2) is 0 Å². The van der Waals surface area contributed by atoms with Gasteiger partial charge in [-0.15, -0.1) is 0 Å². The Labute approximate surface area is 116 Å². The van der Waals surface area contributed by atoms with Gasteiger partial charge in [0.25, 0.3) is 5.91 Å². The summed E-state index contributed by atoms with van der Waals surface area (Å²) in [6.45, 7) is -0.105. The van der Waals surface area contributed by atoms with Gasteiger partial charge in [0.2, 0.25) is 0 Å². The number of nitrogens with one attached hydrogen (secondary N) is 2. The van der Waals surface area contributed by atoms with Gasteiger partial charge in [0.05, 0.1) is 6.61 Å². The Kier molecular flexibility index (Phi) is 3.23. The van der Waals surface area contributed by atoms with Gasteiger partial charge in [-0.1, -0.05) is 24.3 Å². The van der Waals surface area contributed by atoms with Crippen molar-refractivity contribution in [3.05, 3.63) is 65.9 Å². The molecular formula is C16H14N2O2. The first-order valence-corrected chi connectivity index (χ1v) is 6.35. The third-order valence-electron chi connectivity index (χ3n) is 3.25. The molecule has 2 aromatic carbocycles. The van der Waals surface area contributed by atoms with Gasteiger partial charge in [0, 0.05) is 28.5 Å². The van der Waals surface area contributed by atoms with Crippen molar-refractivity contribution in [1.29, 1.82) is 0 Å². The number of amides is 1. The number of aromatic amines is 1. The Morgan fingerprint density at radius 1 is 1.15 bits per heavy atom. The van der Waals surface area contributed by atoms with Crippen molar-refractivity contribution >= 4 is 22.5 Å². The van der Waals surface area contributed by atoms with Crippen molar-refractivity contribution in [3.8, 4) is 0 Å². The van der Waals surface area contributed by atoms with Crippen molar-refractivity contribution in [2.75, 3.05) is 5.32 Å². The second kappa shape index (κ2) is 5.19. The summed E-state index contributed by atoms with van der Waals surface area (Å²) in [6, 6.07) is 14.7. The standard InChI is InChI=1S/C16H14N2O2/c19-10-13-3-1-2-4-14(13)18-16(20)12-6-5-11-7-8-17-15(11)9-12/h1-9,17,19H,10H2,(H,18,20). The van der Waals surface area contributed by atoms with Gasteiger partial charge in [0.15, 0.2) is 0 Å². The number of anilines is 1. The van der Waals surface area contributed by atoms with E-state index < -0.39 is 0 Å². The number of fused-ring (bicyclic) bond motifs is 1. The van der Waals surface area contributed by atoms with E-state index in [1.165, 1.54) is 0 Å². The van der Waals surface area contributed by atoms with E-state index in [0.29, 0.717) is 16.8 Å². The molecule has 0 unspecified atom stereocenters. The molecule has 1 aromatic heterocycles. The quantitative estimate of drug-likeness (QED) is 0.682. The molecule has 0 aliphatic carbocycles. The topological polar surface area (TPSA) is 65.1 Å². The van der Waals surface area contributed by atoms with Crippen LogP contribution in [0.5, 0.6) is 0 Å². The molecule has 0 aliphatic rings. The lowest BCUT2D eigenvalue weighted by molar-refractivity contribution is 0.102. The van der Waals surface area contributed by atoms with Gasteiger partial charge < -0.3 is 15.4 Å². The molecule has 4 nitrogen and oxygen atoms in total. The summed E-state index contributed by atoms with van der Waals surface area (Å²) in [5.41, 5.74) is 2.83.